The molecule has 76 valence electrons. The predicted octanol–water partition coefficient (Wildman–Crippen LogP) is 1.64. The molecule has 0 spiro atoms. The maximum Gasteiger partial charge on any atom is 0.0577 e. The molecular formula is C12H18N2. The lowest BCUT2D eigenvalue weighted by atomic mass is 10.3. The molecule has 2 heteroatoms. The molecule has 1 N–H and O–H groups in total. The average molecular weight is 190 g/mol. The maximum absolute atomic E-state index is 4.37. The molecule has 0 unspecified atom stereocenters. The van der Waals surface area contributed by atoms with Crippen LogP contribution in [0.4, 0.5) is 0 Å². The molecule has 1 rings (SSSR count). The summed E-state index contributed by atoms with van der Waals surface area (Å²) in [5.41, 5.74) is 1.01. The third kappa shape index (κ3) is 4.84. The largest absolute Gasteiger partial charge is 0.309 e. The topological polar surface area (TPSA) is 24.4 Å². The zero-order valence-corrected chi connectivity index (χ0v) is 9.01. The maximum atomic E-state index is 4.37. The van der Waals surface area contributed by atoms with Crippen molar-refractivity contribution in [2.75, 3.05) is 20.1 Å². The number of nitrogens with one attached hydrogen (secondary N) is 1. The first-order valence-corrected chi connectivity index (χ1v) is 5.16. The first-order valence-electron chi connectivity index (χ1n) is 5.16. The number of nitrogens with zero attached hydrogens (tertiary/aromatic N) is 1. The summed E-state index contributed by atoms with van der Waals surface area (Å²) in [6, 6.07) is 0. The van der Waals surface area contributed by atoms with Crippen molar-refractivity contribution in [2.45, 2.75) is 19.8 Å². The van der Waals surface area contributed by atoms with Crippen LogP contribution in [0.1, 0.15) is 19.8 Å². The summed E-state index contributed by atoms with van der Waals surface area (Å²) < 4.78 is 0. The summed E-state index contributed by atoms with van der Waals surface area (Å²) in [4.78, 5) is 4.37. The second kappa shape index (κ2) is 6.39. The molecule has 0 radical (unpaired) electrons. The summed E-state index contributed by atoms with van der Waals surface area (Å²) >= 11 is 0. The van der Waals surface area contributed by atoms with E-state index in [4.69, 9.17) is 0 Å². The normalized spacial score (nSPS) is 16.9. The fraction of sp³-hybridized carbons (Fsp3) is 0.583. The molecule has 0 atom stereocenters. The zero-order valence-electron chi connectivity index (χ0n) is 9.01. The third-order valence-electron chi connectivity index (χ3n) is 2.10. The van der Waals surface area contributed by atoms with Crippen LogP contribution in [0.3, 0.4) is 0 Å². The molecule has 1 fully saturated rings. The van der Waals surface area contributed by atoms with Gasteiger partial charge in [0.25, 0.3) is 0 Å². The quantitative estimate of drug-likeness (QED) is 0.529. The van der Waals surface area contributed by atoms with Gasteiger partial charge in [-0.15, -0.1) is 0 Å². The Balaban J connectivity index is 2.30. The van der Waals surface area contributed by atoms with Crippen LogP contribution < -0.4 is 5.32 Å². The Hall–Kier alpha value is -1.07. The van der Waals surface area contributed by atoms with Crippen LogP contribution >= 0.6 is 0 Å². The smallest absolute Gasteiger partial charge is 0.0577 e. The van der Waals surface area contributed by atoms with Crippen LogP contribution in [0.15, 0.2) is 16.6 Å². The van der Waals surface area contributed by atoms with E-state index in [1.807, 2.05) is 26.3 Å². The molecule has 1 saturated carbocycles. The number of aliphatic imine (C=N–C) groups is 1. The van der Waals surface area contributed by atoms with Gasteiger partial charge >= 0.3 is 0 Å². The van der Waals surface area contributed by atoms with E-state index >= 15 is 0 Å². The summed E-state index contributed by atoms with van der Waals surface area (Å²) in [6.07, 6.45) is 6.60. The van der Waals surface area contributed by atoms with Gasteiger partial charge in [0.05, 0.1) is 6.54 Å². The Labute approximate surface area is 86.5 Å². The second-order valence-electron chi connectivity index (χ2n) is 3.51. The van der Waals surface area contributed by atoms with Crippen LogP contribution in [0.5, 0.6) is 0 Å². The summed E-state index contributed by atoms with van der Waals surface area (Å²) in [7, 11) is 1.89. The van der Waals surface area contributed by atoms with Crippen LogP contribution in [0.2, 0.25) is 0 Å². The van der Waals surface area contributed by atoms with Crippen LogP contribution in [0.25, 0.3) is 0 Å². The molecule has 0 amide bonds. The van der Waals surface area contributed by atoms with E-state index in [1.165, 1.54) is 12.8 Å². The highest BCUT2D eigenvalue weighted by Gasteiger charge is 2.19. The van der Waals surface area contributed by atoms with Gasteiger partial charge in [-0.1, -0.05) is 17.9 Å². The molecule has 0 aromatic carbocycles. The van der Waals surface area contributed by atoms with Gasteiger partial charge in [0.1, 0.15) is 0 Å². The minimum atomic E-state index is 0.730. The fourth-order valence-electron chi connectivity index (χ4n) is 1.01. The molecule has 14 heavy (non-hydrogen) atoms. The number of hydrogen-bond donors (Lipinski definition) is 1. The summed E-state index contributed by atoms with van der Waals surface area (Å²) in [6.45, 7) is 3.70. The SMILES string of the molecule is C/C=C(/C#CCNC)C=NCC1CC1. The van der Waals surface area contributed by atoms with Gasteiger partial charge in [-0.3, -0.25) is 4.99 Å². The van der Waals surface area contributed by atoms with Gasteiger partial charge < -0.3 is 5.32 Å². The third-order valence-corrected chi connectivity index (χ3v) is 2.10. The number of hydrogen-bond acceptors (Lipinski definition) is 2. The molecule has 0 aromatic heterocycles. The van der Waals surface area contributed by atoms with Crippen molar-refractivity contribution < 1.29 is 0 Å². The average Bonchev–Trinajstić information content (AvgIpc) is 2.99. The Kier molecular flexibility index (Phi) is 5.03. The fourth-order valence-corrected chi connectivity index (χ4v) is 1.01. The standard InChI is InChI=1S/C12H18N2/c1-3-11(5-4-8-13-2)9-14-10-12-6-7-12/h3,9,12-13H,6-8,10H2,1-2H3/b11-3-,14-9?. The Morgan fingerprint density at radius 2 is 2.36 bits per heavy atom. The van der Waals surface area contributed by atoms with E-state index in [1.54, 1.807) is 0 Å². The minimum Gasteiger partial charge on any atom is -0.309 e. The molecule has 0 saturated heterocycles. The molecular weight excluding hydrogens is 172 g/mol. The van der Waals surface area contributed by atoms with E-state index in [9.17, 15) is 0 Å². The van der Waals surface area contributed by atoms with Crippen LogP contribution in [-0.2, 0) is 0 Å². The zero-order chi connectivity index (χ0) is 10.2. The van der Waals surface area contributed by atoms with Crippen molar-refractivity contribution in [3.05, 3.63) is 11.6 Å². The van der Waals surface area contributed by atoms with Crippen molar-refractivity contribution in [3.8, 4) is 11.8 Å². The highest BCUT2D eigenvalue weighted by molar-refractivity contribution is 5.84. The van der Waals surface area contributed by atoms with Gasteiger partial charge in [0, 0.05) is 18.3 Å². The number of rotatable bonds is 4. The monoisotopic (exact) mass is 190 g/mol. The van der Waals surface area contributed by atoms with E-state index in [0.717, 1.165) is 24.6 Å². The van der Waals surface area contributed by atoms with Crippen LogP contribution in [0, 0.1) is 17.8 Å². The van der Waals surface area contributed by atoms with Gasteiger partial charge in [-0.25, -0.2) is 0 Å². The van der Waals surface area contributed by atoms with E-state index in [2.05, 4.69) is 22.2 Å². The first-order chi connectivity index (χ1) is 6.86. The molecule has 0 aromatic rings. The molecule has 0 heterocycles. The van der Waals surface area contributed by atoms with Crippen molar-refractivity contribution >= 4 is 6.21 Å². The Morgan fingerprint density at radius 1 is 1.57 bits per heavy atom. The molecule has 1 aliphatic rings. The summed E-state index contributed by atoms with van der Waals surface area (Å²) in [5.74, 6) is 6.94. The molecule has 2 nitrogen and oxygen atoms in total. The van der Waals surface area contributed by atoms with Crippen molar-refractivity contribution in [1.29, 1.82) is 0 Å². The second-order valence-corrected chi connectivity index (χ2v) is 3.51. The Morgan fingerprint density at radius 3 is 2.93 bits per heavy atom. The van der Waals surface area contributed by atoms with Gasteiger partial charge in [-0.05, 0) is 32.7 Å². The highest BCUT2D eigenvalue weighted by Crippen LogP contribution is 2.28. The predicted molar refractivity (Wildman–Crippen MR) is 61.5 cm³/mol. The Bertz CT molecular complexity index is 274. The molecule has 0 aliphatic heterocycles. The first kappa shape index (κ1) is 11.0. The van der Waals surface area contributed by atoms with Crippen molar-refractivity contribution in [3.63, 3.8) is 0 Å². The van der Waals surface area contributed by atoms with Crippen molar-refractivity contribution in [2.24, 2.45) is 10.9 Å². The van der Waals surface area contributed by atoms with Crippen LogP contribution in [-0.4, -0.2) is 26.4 Å². The van der Waals surface area contributed by atoms with E-state index in [0.29, 0.717) is 0 Å². The molecule has 0 bridgehead atoms. The minimum absolute atomic E-state index is 0.730. The summed E-state index contributed by atoms with van der Waals surface area (Å²) in [5, 5.41) is 2.99. The lowest BCUT2D eigenvalue weighted by Gasteiger charge is -1.89. The lowest BCUT2D eigenvalue weighted by molar-refractivity contribution is 0.852. The van der Waals surface area contributed by atoms with Gasteiger partial charge in [-0.2, -0.15) is 0 Å². The number of allylic oxidation sites excluding steroid dienone is 2. The van der Waals surface area contributed by atoms with Crippen molar-refractivity contribution in [1.82, 2.24) is 5.32 Å². The lowest BCUT2D eigenvalue weighted by Crippen LogP contribution is -2.04. The van der Waals surface area contributed by atoms with E-state index < -0.39 is 0 Å². The van der Waals surface area contributed by atoms with Gasteiger partial charge in [0.15, 0.2) is 0 Å². The van der Waals surface area contributed by atoms with Gasteiger partial charge in [0.2, 0.25) is 0 Å². The molecule has 1 aliphatic carbocycles. The van der Waals surface area contributed by atoms with E-state index in [-0.39, 0.29) is 0 Å². The highest BCUT2D eigenvalue weighted by atomic mass is 14.8.